The molecule has 2 heterocycles. The minimum absolute atomic E-state index is 0.242. The van der Waals surface area contributed by atoms with Crippen LogP contribution in [-0.4, -0.2) is 62.2 Å². The summed E-state index contributed by atoms with van der Waals surface area (Å²) in [6.45, 7) is 1.67. The van der Waals surface area contributed by atoms with Crippen LogP contribution in [0.25, 0.3) is 0 Å². The fourth-order valence-corrected chi connectivity index (χ4v) is 5.55. The highest BCUT2D eigenvalue weighted by Crippen LogP contribution is 2.60. The monoisotopic (exact) mass is 334 g/mol. The standard InChI is InChI=1S/C18H30N4O2/c1-19-17(20-12-5-6-14(23)22(2)11-12)21-15-13-7-10-24-16(13)18(15)8-3-4-9-18/h12-13,15-16H,3-11H2,1-2H3,(H2,19,20,21). The molecular formula is C18H30N4O2. The molecule has 24 heavy (non-hydrogen) atoms. The first kappa shape index (κ1) is 16.2. The predicted octanol–water partition coefficient (Wildman–Crippen LogP) is 1.12. The van der Waals surface area contributed by atoms with Crippen molar-refractivity contribution in [2.45, 2.75) is 63.1 Å². The van der Waals surface area contributed by atoms with Crippen LogP contribution in [0.3, 0.4) is 0 Å². The molecule has 4 rings (SSSR count). The Labute approximate surface area is 144 Å². The highest BCUT2D eigenvalue weighted by Gasteiger charge is 2.65. The van der Waals surface area contributed by atoms with Gasteiger partial charge in [-0.25, -0.2) is 0 Å². The number of hydrogen-bond donors (Lipinski definition) is 2. The molecule has 0 aromatic heterocycles. The van der Waals surface area contributed by atoms with Gasteiger partial charge in [-0.3, -0.25) is 9.79 Å². The number of guanidine groups is 1. The number of rotatable bonds is 2. The third kappa shape index (κ3) is 2.50. The second-order valence-corrected chi connectivity index (χ2v) is 8.03. The highest BCUT2D eigenvalue weighted by atomic mass is 16.5. The largest absolute Gasteiger partial charge is 0.377 e. The molecule has 134 valence electrons. The van der Waals surface area contributed by atoms with Crippen molar-refractivity contribution < 1.29 is 9.53 Å². The van der Waals surface area contributed by atoms with Crippen LogP contribution in [0.4, 0.5) is 0 Å². The topological polar surface area (TPSA) is 66.0 Å². The number of nitrogens with zero attached hydrogens (tertiary/aromatic N) is 2. The van der Waals surface area contributed by atoms with Gasteiger partial charge in [0.1, 0.15) is 0 Å². The molecule has 2 aliphatic heterocycles. The van der Waals surface area contributed by atoms with E-state index in [1.807, 2.05) is 19.0 Å². The number of nitrogens with one attached hydrogen (secondary N) is 2. The molecule has 2 N–H and O–H groups in total. The molecule has 2 saturated carbocycles. The maximum Gasteiger partial charge on any atom is 0.222 e. The minimum Gasteiger partial charge on any atom is -0.377 e. The molecule has 0 aromatic carbocycles. The van der Waals surface area contributed by atoms with E-state index >= 15 is 0 Å². The van der Waals surface area contributed by atoms with E-state index in [1.54, 1.807) is 0 Å². The van der Waals surface area contributed by atoms with E-state index in [4.69, 9.17) is 4.74 Å². The van der Waals surface area contributed by atoms with Crippen molar-refractivity contribution in [3.63, 3.8) is 0 Å². The SMILES string of the molecule is CN=C(NC1CCC(=O)N(C)C1)NC1C2CCOC2C12CCCC2. The number of carbonyl (C=O) groups is 1. The van der Waals surface area contributed by atoms with E-state index in [9.17, 15) is 4.79 Å². The van der Waals surface area contributed by atoms with Gasteiger partial charge in [0.05, 0.1) is 6.10 Å². The zero-order chi connectivity index (χ0) is 16.7. The Morgan fingerprint density at radius 2 is 2.08 bits per heavy atom. The van der Waals surface area contributed by atoms with Crippen LogP contribution in [0.2, 0.25) is 0 Å². The van der Waals surface area contributed by atoms with Gasteiger partial charge in [-0.1, -0.05) is 12.8 Å². The summed E-state index contributed by atoms with van der Waals surface area (Å²) in [6, 6.07) is 0.774. The molecular weight excluding hydrogens is 304 g/mol. The van der Waals surface area contributed by atoms with Crippen LogP contribution < -0.4 is 10.6 Å². The number of fused-ring (bicyclic) bond motifs is 2. The van der Waals surface area contributed by atoms with E-state index < -0.39 is 0 Å². The normalized spacial score (nSPS) is 38.2. The molecule has 1 spiro atoms. The van der Waals surface area contributed by atoms with Crippen molar-refractivity contribution in [1.29, 1.82) is 0 Å². The second-order valence-electron chi connectivity index (χ2n) is 8.03. The fourth-order valence-electron chi connectivity index (χ4n) is 5.55. The van der Waals surface area contributed by atoms with Crippen molar-refractivity contribution >= 4 is 11.9 Å². The summed E-state index contributed by atoms with van der Waals surface area (Å²) in [5.74, 6) is 1.77. The lowest BCUT2D eigenvalue weighted by molar-refractivity contribution is -0.132. The maximum atomic E-state index is 11.7. The van der Waals surface area contributed by atoms with Gasteiger partial charge in [-0.2, -0.15) is 0 Å². The Hall–Kier alpha value is -1.30. The van der Waals surface area contributed by atoms with Gasteiger partial charge in [0.2, 0.25) is 5.91 Å². The molecule has 6 heteroatoms. The molecule has 2 aliphatic carbocycles. The number of ether oxygens (including phenoxy) is 1. The third-order valence-electron chi connectivity index (χ3n) is 6.77. The lowest BCUT2D eigenvalue weighted by atomic mass is 9.54. The first-order chi connectivity index (χ1) is 11.6. The molecule has 4 unspecified atom stereocenters. The van der Waals surface area contributed by atoms with Crippen molar-refractivity contribution in [1.82, 2.24) is 15.5 Å². The molecule has 0 bridgehead atoms. The lowest BCUT2D eigenvalue weighted by Gasteiger charge is -2.57. The van der Waals surface area contributed by atoms with Crippen LogP contribution >= 0.6 is 0 Å². The van der Waals surface area contributed by atoms with Crippen molar-refractivity contribution in [2.24, 2.45) is 16.3 Å². The zero-order valence-corrected chi connectivity index (χ0v) is 14.9. The van der Waals surface area contributed by atoms with Crippen molar-refractivity contribution in [3.05, 3.63) is 0 Å². The highest BCUT2D eigenvalue weighted by molar-refractivity contribution is 5.81. The minimum atomic E-state index is 0.242. The van der Waals surface area contributed by atoms with Gasteiger partial charge in [0.15, 0.2) is 5.96 Å². The van der Waals surface area contributed by atoms with Gasteiger partial charge in [-0.15, -0.1) is 0 Å². The van der Waals surface area contributed by atoms with Crippen LogP contribution in [-0.2, 0) is 9.53 Å². The summed E-state index contributed by atoms with van der Waals surface area (Å²) in [5, 5.41) is 7.28. The Bertz CT molecular complexity index is 529. The zero-order valence-electron chi connectivity index (χ0n) is 14.9. The van der Waals surface area contributed by atoms with Gasteiger partial charge in [0, 0.05) is 57.1 Å². The number of aliphatic imine (C=N–C) groups is 1. The summed E-state index contributed by atoms with van der Waals surface area (Å²) in [7, 11) is 3.72. The average Bonchev–Trinajstić information content (AvgIpc) is 3.23. The summed E-state index contributed by atoms with van der Waals surface area (Å²) < 4.78 is 6.07. The number of amides is 1. The maximum absolute atomic E-state index is 11.7. The van der Waals surface area contributed by atoms with E-state index in [2.05, 4.69) is 15.6 Å². The number of hydrogen-bond acceptors (Lipinski definition) is 3. The summed E-state index contributed by atoms with van der Waals surface area (Å²) in [6.07, 6.45) is 8.35. The summed E-state index contributed by atoms with van der Waals surface area (Å²) >= 11 is 0. The Kier molecular flexibility index (Phi) is 4.19. The number of likely N-dealkylation sites (tertiary alicyclic amines) is 1. The van der Waals surface area contributed by atoms with Crippen LogP contribution in [0, 0.1) is 11.3 Å². The molecule has 0 aromatic rings. The van der Waals surface area contributed by atoms with E-state index in [0.717, 1.165) is 25.5 Å². The van der Waals surface area contributed by atoms with E-state index in [-0.39, 0.29) is 11.9 Å². The van der Waals surface area contributed by atoms with E-state index in [1.165, 1.54) is 32.1 Å². The second kappa shape index (κ2) is 6.21. The Balaban J connectivity index is 1.40. The summed E-state index contributed by atoms with van der Waals surface area (Å²) in [5.41, 5.74) is 0.331. The van der Waals surface area contributed by atoms with Crippen LogP contribution in [0.5, 0.6) is 0 Å². The predicted molar refractivity (Wildman–Crippen MR) is 92.8 cm³/mol. The Morgan fingerprint density at radius 3 is 2.79 bits per heavy atom. The molecule has 4 fully saturated rings. The van der Waals surface area contributed by atoms with E-state index in [0.29, 0.717) is 29.9 Å². The number of piperidine rings is 1. The molecule has 1 amide bonds. The van der Waals surface area contributed by atoms with Crippen LogP contribution in [0.15, 0.2) is 4.99 Å². The van der Waals surface area contributed by atoms with Gasteiger partial charge >= 0.3 is 0 Å². The Morgan fingerprint density at radius 1 is 1.29 bits per heavy atom. The molecule has 6 nitrogen and oxygen atoms in total. The molecule has 0 radical (unpaired) electrons. The molecule has 4 aliphatic rings. The van der Waals surface area contributed by atoms with Gasteiger partial charge in [-0.05, 0) is 25.7 Å². The van der Waals surface area contributed by atoms with Crippen molar-refractivity contribution in [3.8, 4) is 0 Å². The molecule has 4 atom stereocenters. The van der Waals surface area contributed by atoms with Gasteiger partial charge in [0.25, 0.3) is 0 Å². The van der Waals surface area contributed by atoms with Crippen LogP contribution in [0.1, 0.15) is 44.9 Å². The smallest absolute Gasteiger partial charge is 0.222 e. The average molecular weight is 334 g/mol. The molecule has 2 saturated heterocycles. The number of carbonyl (C=O) groups excluding carboxylic acids is 1. The van der Waals surface area contributed by atoms with Gasteiger partial charge < -0.3 is 20.3 Å². The summed E-state index contributed by atoms with van der Waals surface area (Å²) in [4.78, 5) is 17.9. The number of likely N-dealkylation sites (N-methyl/N-ethyl adjacent to an activating group) is 1. The lowest BCUT2D eigenvalue weighted by Crippen LogP contribution is -2.69. The fraction of sp³-hybridized carbons (Fsp3) is 0.889. The first-order valence-electron chi connectivity index (χ1n) is 9.49. The van der Waals surface area contributed by atoms with Crippen molar-refractivity contribution in [2.75, 3.05) is 27.2 Å². The quantitative estimate of drug-likeness (QED) is 0.587. The third-order valence-corrected chi connectivity index (χ3v) is 6.77. The first-order valence-corrected chi connectivity index (χ1v) is 9.49.